The molecule has 0 bridgehead atoms. The van der Waals surface area contributed by atoms with E-state index in [2.05, 4.69) is 39.8 Å². The van der Waals surface area contributed by atoms with E-state index in [-0.39, 0.29) is 0 Å². The Balaban J connectivity index is 2.03. The van der Waals surface area contributed by atoms with Gasteiger partial charge in [-0.1, -0.05) is 0 Å². The van der Waals surface area contributed by atoms with Gasteiger partial charge in [0.1, 0.15) is 5.82 Å². The van der Waals surface area contributed by atoms with Crippen LogP contribution in [0.15, 0.2) is 12.4 Å². The first-order chi connectivity index (χ1) is 7.22. The van der Waals surface area contributed by atoms with E-state index in [0.29, 0.717) is 12.1 Å². The van der Waals surface area contributed by atoms with Crippen molar-refractivity contribution in [3.63, 3.8) is 0 Å². The van der Waals surface area contributed by atoms with Gasteiger partial charge < -0.3 is 9.88 Å². The monoisotopic (exact) mass is 208 g/mol. The molecular formula is C11H20N4. The summed E-state index contributed by atoms with van der Waals surface area (Å²) < 4.78 is 2.24. The van der Waals surface area contributed by atoms with Crippen LogP contribution >= 0.6 is 0 Å². The van der Waals surface area contributed by atoms with Crippen LogP contribution in [-0.4, -0.2) is 40.1 Å². The Hall–Kier alpha value is -0.870. The Bertz CT molecular complexity index is 320. The van der Waals surface area contributed by atoms with Crippen molar-refractivity contribution >= 4 is 0 Å². The van der Waals surface area contributed by atoms with Crippen molar-refractivity contribution in [3.8, 4) is 0 Å². The average molecular weight is 208 g/mol. The lowest BCUT2D eigenvalue weighted by molar-refractivity contribution is 0.139. The number of nitrogens with one attached hydrogen (secondary N) is 1. The Morgan fingerprint density at radius 2 is 2.20 bits per heavy atom. The molecule has 1 aromatic rings. The lowest BCUT2D eigenvalue weighted by Crippen LogP contribution is -2.48. The van der Waals surface area contributed by atoms with Crippen LogP contribution in [0.5, 0.6) is 0 Å². The predicted octanol–water partition coefficient (Wildman–Crippen LogP) is 0.695. The molecule has 1 N–H and O–H groups in total. The van der Waals surface area contributed by atoms with Gasteiger partial charge in [-0.25, -0.2) is 4.98 Å². The largest absolute Gasteiger partial charge is 0.333 e. The smallest absolute Gasteiger partial charge is 0.122 e. The SMILES string of the molecule is CNC(C)C(C)N1CCn2ccnc2C1. The average Bonchev–Trinajstić information content (AvgIpc) is 2.73. The number of fused-ring (bicyclic) bond motifs is 1. The van der Waals surface area contributed by atoms with E-state index in [1.807, 2.05) is 13.2 Å². The van der Waals surface area contributed by atoms with E-state index in [9.17, 15) is 0 Å². The molecule has 2 unspecified atom stereocenters. The zero-order valence-corrected chi connectivity index (χ0v) is 9.77. The number of nitrogens with zero attached hydrogens (tertiary/aromatic N) is 3. The lowest BCUT2D eigenvalue weighted by Gasteiger charge is -2.35. The van der Waals surface area contributed by atoms with Crippen LogP contribution in [0.4, 0.5) is 0 Å². The van der Waals surface area contributed by atoms with Crippen molar-refractivity contribution in [2.24, 2.45) is 0 Å². The highest BCUT2D eigenvalue weighted by Crippen LogP contribution is 2.14. The van der Waals surface area contributed by atoms with Crippen LogP contribution in [-0.2, 0) is 13.1 Å². The molecule has 0 spiro atoms. The van der Waals surface area contributed by atoms with Gasteiger partial charge >= 0.3 is 0 Å². The van der Waals surface area contributed by atoms with Crippen LogP contribution in [0.2, 0.25) is 0 Å². The van der Waals surface area contributed by atoms with E-state index >= 15 is 0 Å². The molecule has 0 radical (unpaired) electrons. The van der Waals surface area contributed by atoms with E-state index in [4.69, 9.17) is 0 Å². The van der Waals surface area contributed by atoms with E-state index in [1.54, 1.807) is 0 Å². The molecule has 0 fully saturated rings. The second-order valence-electron chi connectivity index (χ2n) is 4.33. The minimum atomic E-state index is 0.520. The Morgan fingerprint density at radius 3 is 2.93 bits per heavy atom. The van der Waals surface area contributed by atoms with E-state index < -0.39 is 0 Å². The Labute approximate surface area is 91.3 Å². The van der Waals surface area contributed by atoms with Gasteiger partial charge in [0.05, 0.1) is 6.54 Å². The zero-order chi connectivity index (χ0) is 10.8. The summed E-state index contributed by atoms with van der Waals surface area (Å²) in [7, 11) is 2.02. The van der Waals surface area contributed by atoms with Gasteiger partial charge in [-0.2, -0.15) is 0 Å². The molecule has 0 aromatic carbocycles. The molecule has 15 heavy (non-hydrogen) atoms. The van der Waals surface area contributed by atoms with E-state index in [0.717, 1.165) is 19.6 Å². The number of imidazole rings is 1. The molecule has 1 aromatic heterocycles. The molecule has 4 heteroatoms. The minimum absolute atomic E-state index is 0.520. The van der Waals surface area contributed by atoms with Gasteiger partial charge in [-0.3, -0.25) is 4.90 Å². The summed E-state index contributed by atoms with van der Waals surface area (Å²) >= 11 is 0. The maximum absolute atomic E-state index is 4.38. The molecule has 0 aliphatic carbocycles. The highest BCUT2D eigenvalue weighted by molar-refractivity contribution is 4.97. The highest BCUT2D eigenvalue weighted by Gasteiger charge is 2.23. The Morgan fingerprint density at radius 1 is 1.40 bits per heavy atom. The second-order valence-corrected chi connectivity index (χ2v) is 4.33. The fraction of sp³-hybridized carbons (Fsp3) is 0.727. The summed E-state index contributed by atoms with van der Waals surface area (Å²) in [4.78, 5) is 6.87. The van der Waals surface area contributed by atoms with Crippen LogP contribution in [0.1, 0.15) is 19.7 Å². The first kappa shape index (κ1) is 10.6. The molecule has 0 amide bonds. The molecule has 0 saturated heterocycles. The van der Waals surface area contributed by atoms with Crippen molar-refractivity contribution in [3.05, 3.63) is 18.2 Å². The minimum Gasteiger partial charge on any atom is -0.333 e. The number of rotatable bonds is 3. The van der Waals surface area contributed by atoms with Crippen LogP contribution < -0.4 is 5.32 Å². The van der Waals surface area contributed by atoms with Crippen LogP contribution in [0.3, 0.4) is 0 Å². The van der Waals surface area contributed by atoms with Gasteiger partial charge in [0.25, 0.3) is 0 Å². The molecule has 0 saturated carbocycles. The van der Waals surface area contributed by atoms with Gasteiger partial charge in [0.15, 0.2) is 0 Å². The summed E-state index contributed by atoms with van der Waals surface area (Å²) in [6.45, 7) is 7.67. The number of hydrogen-bond donors (Lipinski definition) is 1. The third-order valence-corrected chi connectivity index (χ3v) is 3.53. The number of aromatic nitrogens is 2. The fourth-order valence-electron chi connectivity index (χ4n) is 2.10. The van der Waals surface area contributed by atoms with Crippen LogP contribution in [0, 0.1) is 0 Å². The number of hydrogen-bond acceptors (Lipinski definition) is 3. The first-order valence-electron chi connectivity index (χ1n) is 5.63. The fourth-order valence-corrected chi connectivity index (χ4v) is 2.10. The topological polar surface area (TPSA) is 33.1 Å². The summed E-state index contributed by atoms with van der Waals surface area (Å²) in [5.41, 5.74) is 0. The summed E-state index contributed by atoms with van der Waals surface area (Å²) in [6, 6.07) is 1.08. The van der Waals surface area contributed by atoms with Crippen molar-refractivity contribution in [2.75, 3.05) is 13.6 Å². The molecular weight excluding hydrogens is 188 g/mol. The Kier molecular flexibility index (Phi) is 3.07. The maximum atomic E-state index is 4.38. The zero-order valence-electron chi connectivity index (χ0n) is 9.77. The summed E-state index contributed by atoms with van der Waals surface area (Å²) in [5, 5.41) is 3.31. The summed E-state index contributed by atoms with van der Waals surface area (Å²) in [6.07, 6.45) is 3.96. The van der Waals surface area contributed by atoms with Gasteiger partial charge in [0, 0.05) is 37.6 Å². The molecule has 2 rings (SSSR count). The van der Waals surface area contributed by atoms with E-state index in [1.165, 1.54) is 5.82 Å². The molecule has 1 aliphatic heterocycles. The van der Waals surface area contributed by atoms with Gasteiger partial charge in [0.2, 0.25) is 0 Å². The van der Waals surface area contributed by atoms with Crippen molar-refractivity contribution in [2.45, 2.75) is 39.0 Å². The summed E-state index contributed by atoms with van der Waals surface area (Å²) in [5.74, 6) is 1.19. The maximum Gasteiger partial charge on any atom is 0.122 e. The second kappa shape index (κ2) is 4.33. The van der Waals surface area contributed by atoms with Gasteiger partial charge in [-0.15, -0.1) is 0 Å². The normalized spacial score (nSPS) is 21.0. The standard InChI is InChI=1S/C11H20N4/c1-9(12-3)10(2)15-7-6-14-5-4-13-11(14)8-15/h4-5,9-10,12H,6-8H2,1-3H3. The van der Waals surface area contributed by atoms with Gasteiger partial charge in [-0.05, 0) is 20.9 Å². The van der Waals surface area contributed by atoms with Crippen molar-refractivity contribution in [1.29, 1.82) is 0 Å². The molecule has 2 atom stereocenters. The molecule has 4 nitrogen and oxygen atoms in total. The van der Waals surface area contributed by atoms with Crippen molar-refractivity contribution < 1.29 is 0 Å². The third kappa shape index (κ3) is 2.06. The number of likely N-dealkylation sites (N-methyl/N-ethyl adjacent to an activating group) is 1. The first-order valence-corrected chi connectivity index (χ1v) is 5.63. The third-order valence-electron chi connectivity index (χ3n) is 3.53. The highest BCUT2D eigenvalue weighted by atomic mass is 15.3. The molecule has 1 aliphatic rings. The predicted molar refractivity (Wildman–Crippen MR) is 60.6 cm³/mol. The molecule has 84 valence electrons. The van der Waals surface area contributed by atoms with Crippen LogP contribution in [0.25, 0.3) is 0 Å². The lowest BCUT2D eigenvalue weighted by atomic mass is 10.1. The van der Waals surface area contributed by atoms with Crippen molar-refractivity contribution in [1.82, 2.24) is 19.8 Å². The quantitative estimate of drug-likeness (QED) is 0.793. The molecule has 2 heterocycles.